The summed E-state index contributed by atoms with van der Waals surface area (Å²) in [7, 11) is 2.89. The van der Waals surface area contributed by atoms with Crippen molar-refractivity contribution in [2.24, 2.45) is 5.10 Å². The molecule has 0 saturated carbocycles. The summed E-state index contributed by atoms with van der Waals surface area (Å²) < 4.78 is 15.8. The molecule has 0 spiro atoms. The molecule has 36 heavy (non-hydrogen) atoms. The van der Waals surface area contributed by atoms with Gasteiger partial charge in [-0.1, -0.05) is 30.3 Å². The number of nitrogens with one attached hydrogen (secondary N) is 2. The number of esters is 1. The number of aromatic amines is 1. The first-order chi connectivity index (χ1) is 17.5. The van der Waals surface area contributed by atoms with Gasteiger partial charge < -0.3 is 14.2 Å². The van der Waals surface area contributed by atoms with Gasteiger partial charge in [0.25, 0.3) is 5.91 Å². The van der Waals surface area contributed by atoms with Crippen molar-refractivity contribution in [3.05, 3.63) is 70.9 Å². The third kappa shape index (κ3) is 4.26. The standard InChI is InChI=1S/C27H24N4O5/c1-15(32)36-26-23(34-2)11-16(12-24(26)35-3)14-28-31-27(33)22-13-21(29-30-22)19-10-9-18-8-7-17-5-4-6-20(19)25(17)18/h4-6,9-14H,7-8H2,1-3H3,(H,29,30)(H,31,33)/b28-14-. The second-order valence-electron chi connectivity index (χ2n) is 8.33. The van der Waals surface area contributed by atoms with Gasteiger partial charge in [-0.15, -0.1) is 0 Å². The molecular weight excluding hydrogens is 460 g/mol. The van der Waals surface area contributed by atoms with E-state index < -0.39 is 11.9 Å². The van der Waals surface area contributed by atoms with E-state index in [1.807, 2.05) is 0 Å². The van der Waals surface area contributed by atoms with Crippen molar-refractivity contribution >= 4 is 28.9 Å². The first kappa shape index (κ1) is 23.1. The topological polar surface area (TPSA) is 115 Å². The molecule has 9 nitrogen and oxygen atoms in total. The second-order valence-corrected chi connectivity index (χ2v) is 8.33. The number of carbonyl (C=O) groups excluding carboxylic acids is 2. The van der Waals surface area contributed by atoms with Gasteiger partial charge >= 0.3 is 5.97 Å². The number of ether oxygens (including phenoxy) is 3. The number of amides is 1. The van der Waals surface area contributed by atoms with E-state index in [9.17, 15) is 9.59 Å². The zero-order valence-electron chi connectivity index (χ0n) is 20.0. The largest absolute Gasteiger partial charge is 0.493 e. The third-order valence-corrected chi connectivity index (χ3v) is 6.08. The van der Waals surface area contributed by atoms with E-state index in [4.69, 9.17) is 14.2 Å². The summed E-state index contributed by atoms with van der Waals surface area (Å²) in [5, 5.41) is 13.6. The summed E-state index contributed by atoms with van der Waals surface area (Å²) in [6, 6.07) is 15.5. The van der Waals surface area contributed by atoms with Crippen LogP contribution in [0.15, 0.2) is 53.6 Å². The van der Waals surface area contributed by atoms with Crippen LogP contribution in [0.25, 0.3) is 22.0 Å². The molecule has 0 saturated heterocycles. The van der Waals surface area contributed by atoms with Crippen molar-refractivity contribution in [2.45, 2.75) is 19.8 Å². The molecule has 0 bridgehead atoms. The van der Waals surface area contributed by atoms with Gasteiger partial charge in [-0.25, -0.2) is 5.43 Å². The number of nitrogens with zero attached hydrogens (tertiary/aromatic N) is 2. The summed E-state index contributed by atoms with van der Waals surface area (Å²) in [4.78, 5) is 24.1. The lowest BCUT2D eigenvalue weighted by Gasteiger charge is -2.13. The molecule has 1 aromatic heterocycles. The summed E-state index contributed by atoms with van der Waals surface area (Å²) in [5.74, 6) is -0.189. The maximum absolute atomic E-state index is 12.7. The molecule has 1 aliphatic carbocycles. The van der Waals surface area contributed by atoms with Crippen LogP contribution < -0.4 is 19.6 Å². The van der Waals surface area contributed by atoms with E-state index in [1.165, 1.54) is 43.9 Å². The Labute approximate surface area is 207 Å². The number of aromatic nitrogens is 2. The van der Waals surface area contributed by atoms with Crippen LogP contribution in [0.5, 0.6) is 17.2 Å². The Morgan fingerprint density at radius 1 is 1.03 bits per heavy atom. The minimum absolute atomic E-state index is 0.168. The number of methoxy groups -OCH3 is 2. The molecule has 2 N–H and O–H groups in total. The highest BCUT2D eigenvalue weighted by molar-refractivity contribution is 6.02. The highest BCUT2D eigenvalue weighted by Crippen LogP contribution is 2.38. The summed E-state index contributed by atoms with van der Waals surface area (Å²) >= 11 is 0. The van der Waals surface area contributed by atoms with Crippen LogP contribution in [0, 0.1) is 0 Å². The predicted octanol–water partition coefficient (Wildman–Crippen LogP) is 4.03. The monoisotopic (exact) mass is 484 g/mol. The molecule has 0 radical (unpaired) electrons. The molecule has 1 heterocycles. The Kier molecular flexibility index (Phi) is 6.12. The lowest BCUT2D eigenvalue weighted by molar-refractivity contribution is -0.132. The predicted molar refractivity (Wildman–Crippen MR) is 135 cm³/mol. The van der Waals surface area contributed by atoms with Crippen molar-refractivity contribution < 1.29 is 23.8 Å². The van der Waals surface area contributed by atoms with E-state index in [2.05, 4.69) is 51.1 Å². The van der Waals surface area contributed by atoms with Crippen LogP contribution in [-0.2, 0) is 17.6 Å². The van der Waals surface area contributed by atoms with Crippen molar-refractivity contribution in [3.8, 4) is 28.5 Å². The molecular formula is C27H24N4O5. The van der Waals surface area contributed by atoms with Gasteiger partial charge in [-0.3, -0.25) is 14.7 Å². The van der Waals surface area contributed by atoms with Crippen LogP contribution in [-0.4, -0.2) is 42.5 Å². The van der Waals surface area contributed by atoms with Crippen molar-refractivity contribution in [1.29, 1.82) is 0 Å². The zero-order chi connectivity index (χ0) is 25.2. The first-order valence-corrected chi connectivity index (χ1v) is 11.4. The van der Waals surface area contributed by atoms with Crippen LogP contribution in [0.3, 0.4) is 0 Å². The van der Waals surface area contributed by atoms with Crippen LogP contribution in [0.4, 0.5) is 0 Å². The number of hydrogen-bond acceptors (Lipinski definition) is 7. The maximum atomic E-state index is 12.7. The van der Waals surface area contributed by atoms with Crippen LogP contribution in [0.2, 0.25) is 0 Å². The van der Waals surface area contributed by atoms with E-state index in [1.54, 1.807) is 18.2 Å². The number of rotatable bonds is 7. The SMILES string of the molecule is COc1cc(/C=N\NC(=O)c2cc(-c3ccc4c5c(cccc35)CC4)n[nH]2)cc(OC)c1OC(C)=O. The van der Waals surface area contributed by atoms with Crippen molar-refractivity contribution in [2.75, 3.05) is 14.2 Å². The Morgan fingerprint density at radius 2 is 1.75 bits per heavy atom. The molecule has 1 aliphatic rings. The average Bonchev–Trinajstić information content (AvgIpc) is 3.53. The lowest BCUT2D eigenvalue weighted by atomic mass is 9.98. The molecule has 1 amide bonds. The number of hydrogen-bond donors (Lipinski definition) is 2. The van der Waals surface area contributed by atoms with E-state index >= 15 is 0 Å². The van der Waals surface area contributed by atoms with Gasteiger partial charge in [-0.2, -0.15) is 10.2 Å². The molecule has 0 aliphatic heterocycles. The lowest BCUT2D eigenvalue weighted by Crippen LogP contribution is -2.18. The Balaban J connectivity index is 1.34. The number of carbonyl (C=O) groups is 2. The normalized spacial score (nSPS) is 12.2. The van der Waals surface area contributed by atoms with E-state index in [0.717, 1.165) is 23.8 Å². The molecule has 4 aromatic rings. The summed E-state index contributed by atoms with van der Waals surface area (Å²) in [6.45, 7) is 1.29. The fraction of sp³-hybridized carbons (Fsp3) is 0.185. The van der Waals surface area contributed by atoms with Gasteiger partial charge in [0.05, 0.1) is 26.1 Å². The molecule has 5 rings (SSSR count). The molecule has 0 fully saturated rings. The maximum Gasteiger partial charge on any atom is 0.308 e. The van der Waals surface area contributed by atoms with Gasteiger partial charge in [0.15, 0.2) is 11.5 Å². The van der Waals surface area contributed by atoms with Crippen molar-refractivity contribution in [3.63, 3.8) is 0 Å². The minimum Gasteiger partial charge on any atom is -0.493 e. The number of benzene rings is 3. The smallest absolute Gasteiger partial charge is 0.308 e. The van der Waals surface area contributed by atoms with Gasteiger partial charge in [0.1, 0.15) is 5.69 Å². The fourth-order valence-corrected chi connectivity index (χ4v) is 4.49. The van der Waals surface area contributed by atoms with E-state index in [0.29, 0.717) is 22.8 Å². The van der Waals surface area contributed by atoms with Gasteiger partial charge in [0.2, 0.25) is 5.75 Å². The quantitative estimate of drug-likeness (QED) is 0.177. The average molecular weight is 485 g/mol. The van der Waals surface area contributed by atoms with Gasteiger partial charge in [-0.05, 0) is 52.9 Å². The number of H-pyrrole nitrogens is 1. The van der Waals surface area contributed by atoms with Crippen molar-refractivity contribution in [1.82, 2.24) is 15.6 Å². The fourth-order valence-electron chi connectivity index (χ4n) is 4.49. The highest BCUT2D eigenvalue weighted by Gasteiger charge is 2.19. The van der Waals surface area contributed by atoms with E-state index in [-0.39, 0.29) is 11.4 Å². The molecule has 3 aromatic carbocycles. The molecule has 0 unspecified atom stereocenters. The minimum atomic E-state index is -0.503. The number of aryl methyl sites for hydroxylation is 2. The second kappa shape index (κ2) is 9.53. The Morgan fingerprint density at radius 3 is 2.44 bits per heavy atom. The summed E-state index contributed by atoms with van der Waals surface area (Å²) in [5.41, 5.74) is 7.70. The zero-order valence-corrected chi connectivity index (χ0v) is 20.0. The Bertz CT molecular complexity index is 1490. The third-order valence-electron chi connectivity index (χ3n) is 6.08. The van der Waals surface area contributed by atoms with Gasteiger partial charge in [0, 0.05) is 18.1 Å². The molecule has 182 valence electrons. The highest BCUT2D eigenvalue weighted by atomic mass is 16.6. The summed E-state index contributed by atoms with van der Waals surface area (Å²) in [6.07, 6.45) is 3.53. The molecule has 0 atom stereocenters. The van der Waals surface area contributed by atoms with Crippen LogP contribution >= 0.6 is 0 Å². The number of hydrazone groups is 1. The Hall–Kier alpha value is -4.66. The first-order valence-electron chi connectivity index (χ1n) is 11.4. The molecule has 9 heteroatoms. The van der Waals surface area contributed by atoms with Crippen LogP contribution in [0.1, 0.15) is 34.1 Å².